The van der Waals surface area contributed by atoms with Crippen molar-refractivity contribution < 1.29 is 28.7 Å². The summed E-state index contributed by atoms with van der Waals surface area (Å²) in [6.07, 6.45) is 1.32. The zero-order valence-electron chi connectivity index (χ0n) is 30.1. The lowest BCUT2D eigenvalue weighted by molar-refractivity contribution is -0.131. The van der Waals surface area contributed by atoms with Gasteiger partial charge in [0.05, 0.1) is 5.52 Å². The highest BCUT2D eigenvalue weighted by atomic mass is 79.9. The third kappa shape index (κ3) is 11.4. The van der Waals surface area contributed by atoms with Crippen molar-refractivity contribution in [1.29, 1.82) is 0 Å². The minimum atomic E-state index is -1.09. The second-order valence-corrected chi connectivity index (χ2v) is 14.5. The number of amides is 4. The van der Waals surface area contributed by atoms with E-state index in [2.05, 4.69) is 42.2 Å². The number of H-pyrrole nitrogens is 1. The van der Waals surface area contributed by atoms with Gasteiger partial charge in [-0.05, 0) is 90.6 Å². The van der Waals surface area contributed by atoms with Gasteiger partial charge < -0.3 is 35.7 Å². The number of para-hydroxylation sites is 2. The number of aromatic amines is 1. The topological polar surface area (TPSA) is 151 Å². The normalized spacial score (nSPS) is 12.9. The van der Waals surface area contributed by atoms with Crippen LogP contribution in [0.25, 0.3) is 10.9 Å². The lowest BCUT2D eigenvalue weighted by atomic mass is 10.0. The van der Waals surface area contributed by atoms with E-state index in [9.17, 15) is 19.2 Å². The van der Waals surface area contributed by atoms with E-state index in [4.69, 9.17) is 9.47 Å². The Kier molecular flexibility index (Phi) is 12.9. The van der Waals surface area contributed by atoms with Crippen molar-refractivity contribution in [3.63, 3.8) is 0 Å². The van der Waals surface area contributed by atoms with E-state index in [-0.39, 0.29) is 12.8 Å². The molecule has 0 spiro atoms. The molecule has 11 nitrogen and oxygen atoms in total. The molecule has 12 heteroatoms. The fourth-order valence-electron chi connectivity index (χ4n) is 5.56. The van der Waals surface area contributed by atoms with E-state index >= 15 is 0 Å². The van der Waals surface area contributed by atoms with Gasteiger partial charge in [-0.3, -0.25) is 14.4 Å². The smallest absolute Gasteiger partial charge is 0.408 e. The van der Waals surface area contributed by atoms with Crippen molar-refractivity contribution >= 4 is 56.3 Å². The van der Waals surface area contributed by atoms with Crippen LogP contribution in [0, 0.1) is 0 Å². The first kappa shape index (κ1) is 38.6. The monoisotopic (exact) mass is 781 g/mol. The molecule has 0 radical (unpaired) electrons. The molecule has 5 aromatic rings. The number of fused-ring (bicyclic) bond motifs is 1. The molecule has 0 unspecified atom stereocenters. The van der Waals surface area contributed by atoms with Gasteiger partial charge in [-0.15, -0.1) is 0 Å². The summed E-state index contributed by atoms with van der Waals surface area (Å²) in [5.41, 5.74) is 3.24. The number of halogens is 1. The van der Waals surface area contributed by atoms with Gasteiger partial charge in [0, 0.05) is 34.6 Å². The number of carbonyl (C=O) groups is 4. The minimum absolute atomic E-state index is 0.108. The number of alkyl carbamates (subject to hydrolysis) is 1. The molecule has 5 N–H and O–H groups in total. The van der Waals surface area contributed by atoms with Crippen LogP contribution in [0.1, 0.15) is 44.4 Å². The molecule has 0 aliphatic heterocycles. The van der Waals surface area contributed by atoms with Crippen molar-refractivity contribution in [3.05, 3.63) is 130 Å². The zero-order valence-corrected chi connectivity index (χ0v) is 31.7. The van der Waals surface area contributed by atoms with Crippen molar-refractivity contribution in [1.82, 2.24) is 20.9 Å². The van der Waals surface area contributed by atoms with Crippen LogP contribution in [0.4, 0.5) is 10.5 Å². The fraction of sp³-hybridized carbons (Fsp3) is 0.268. The van der Waals surface area contributed by atoms with Crippen molar-refractivity contribution in [2.45, 2.75) is 70.9 Å². The fourth-order valence-corrected chi connectivity index (χ4v) is 6.04. The number of anilines is 1. The SMILES string of the molecule is C[C@H](NC(=O)[C@H](Cc1ccc(OCc2ccccc2)cc1)NC(=O)OC(C)(C)C)C(=O)N[C@@H](Cc1c[nH]c2c(Br)cccc12)C(=O)Nc1ccccc1. The van der Waals surface area contributed by atoms with Crippen LogP contribution in [0.15, 0.2) is 114 Å². The van der Waals surface area contributed by atoms with E-state index < -0.39 is 47.5 Å². The molecule has 4 aromatic carbocycles. The number of hydrogen-bond acceptors (Lipinski definition) is 6. The highest BCUT2D eigenvalue weighted by Crippen LogP contribution is 2.26. The van der Waals surface area contributed by atoms with Gasteiger partial charge in [0.2, 0.25) is 17.7 Å². The molecule has 53 heavy (non-hydrogen) atoms. The van der Waals surface area contributed by atoms with Crippen LogP contribution in [0.2, 0.25) is 0 Å². The molecule has 0 saturated heterocycles. The van der Waals surface area contributed by atoms with Crippen molar-refractivity contribution in [3.8, 4) is 5.75 Å². The van der Waals surface area contributed by atoms with Gasteiger partial charge in [0.25, 0.3) is 0 Å². The van der Waals surface area contributed by atoms with E-state index in [1.165, 1.54) is 6.92 Å². The molecule has 1 aromatic heterocycles. The number of carbonyl (C=O) groups excluding carboxylic acids is 4. The number of nitrogens with one attached hydrogen (secondary N) is 5. The summed E-state index contributed by atoms with van der Waals surface area (Å²) >= 11 is 3.55. The van der Waals surface area contributed by atoms with Crippen LogP contribution in [-0.2, 0) is 38.6 Å². The average Bonchev–Trinajstić information content (AvgIpc) is 3.54. The van der Waals surface area contributed by atoms with E-state index in [0.29, 0.717) is 18.0 Å². The zero-order chi connectivity index (χ0) is 38.0. The summed E-state index contributed by atoms with van der Waals surface area (Å²) in [5, 5.41) is 12.0. The van der Waals surface area contributed by atoms with Crippen LogP contribution in [0.5, 0.6) is 5.75 Å². The van der Waals surface area contributed by atoms with Crippen LogP contribution in [-0.4, -0.2) is 52.5 Å². The Morgan fingerprint density at radius 2 is 1.38 bits per heavy atom. The molecule has 4 amide bonds. The summed E-state index contributed by atoms with van der Waals surface area (Å²) in [6, 6.07) is 28.6. The maximum Gasteiger partial charge on any atom is 0.408 e. The lowest BCUT2D eigenvalue weighted by Crippen LogP contribution is -2.56. The Morgan fingerprint density at radius 1 is 0.717 bits per heavy atom. The maximum atomic E-state index is 13.7. The summed E-state index contributed by atoms with van der Waals surface area (Å²) in [7, 11) is 0. The molecule has 0 bridgehead atoms. The number of ether oxygens (including phenoxy) is 2. The summed E-state index contributed by atoms with van der Waals surface area (Å²) in [4.78, 5) is 57.0. The molecule has 0 saturated carbocycles. The molecule has 0 fully saturated rings. The van der Waals surface area contributed by atoms with Gasteiger partial charge in [0.15, 0.2) is 0 Å². The summed E-state index contributed by atoms with van der Waals surface area (Å²) in [6.45, 7) is 7.09. The predicted molar refractivity (Wildman–Crippen MR) is 208 cm³/mol. The third-order valence-corrected chi connectivity index (χ3v) is 8.88. The first-order valence-corrected chi connectivity index (χ1v) is 18.1. The van der Waals surface area contributed by atoms with Crippen molar-refractivity contribution in [2.24, 2.45) is 0 Å². The first-order valence-electron chi connectivity index (χ1n) is 17.3. The second kappa shape index (κ2) is 17.7. The predicted octanol–water partition coefficient (Wildman–Crippen LogP) is 6.82. The van der Waals surface area contributed by atoms with Crippen LogP contribution in [0.3, 0.4) is 0 Å². The van der Waals surface area contributed by atoms with Gasteiger partial charge >= 0.3 is 6.09 Å². The van der Waals surface area contributed by atoms with Gasteiger partial charge in [-0.1, -0.05) is 72.8 Å². The summed E-state index contributed by atoms with van der Waals surface area (Å²) < 4.78 is 12.2. The Labute approximate surface area is 317 Å². The standard InChI is InChI=1S/C41H44BrN5O6/c1-26(37(48)46-35(39(50)45-30-14-9-6-10-15-30)23-29-24-43-36-32(29)16-11-17-33(36)42)44-38(49)34(47-40(51)53-41(2,3)4)22-27-18-20-31(21-19-27)52-25-28-12-7-5-8-13-28/h5-21,24,26,34-35,43H,22-23,25H2,1-4H3,(H,44,49)(H,45,50)(H,46,48)(H,47,51)/t26-,34-,35-/m0/s1. The average molecular weight is 783 g/mol. The van der Waals surface area contributed by atoms with Crippen LogP contribution < -0.4 is 26.0 Å². The summed E-state index contributed by atoms with van der Waals surface area (Å²) in [5.74, 6) is -0.957. The van der Waals surface area contributed by atoms with E-state index in [1.807, 2.05) is 72.9 Å². The Balaban J connectivity index is 1.28. The molecule has 0 aliphatic rings. The van der Waals surface area contributed by atoms with Crippen LogP contribution >= 0.6 is 15.9 Å². The van der Waals surface area contributed by atoms with Gasteiger partial charge in [-0.2, -0.15) is 0 Å². The molecule has 1 heterocycles. The van der Waals surface area contributed by atoms with Gasteiger partial charge in [0.1, 0.15) is 36.1 Å². The largest absolute Gasteiger partial charge is 0.489 e. The third-order valence-electron chi connectivity index (χ3n) is 8.22. The number of benzene rings is 4. The number of aromatic nitrogens is 1. The molecule has 276 valence electrons. The Bertz CT molecular complexity index is 2010. The highest BCUT2D eigenvalue weighted by Gasteiger charge is 2.30. The molecule has 3 atom stereocenters. The van der Waals surface area contributed by atoms with Crippen molar-refractivity contribution in [2.75, 3.05) is 5.32 Å². The highest BCUT2D eigenvalue weighted by molar-refractivity contribution is 9.10. The molecule has 0 aliphatic carbocycles. The quantitative estimate of drug-likeness (QED) is 0.0835. The Hall–Kier alpha value is -5.62. The van der Waals surface area contributed by atoms with E-state index in [0.717, 1.165) is 32.1 Å². The molecule has 5 rings (SSSR count). The lowest BCUT2D eigenvalue weighted by Gasteiger charge is -2.25. The Morgan fingerprint density at radius 3 is 2.06 bits per heavy atom. The molecular formula is C41H44BrN5O6. The number of rotatable bonds is 14. The first-order chi connectivity index (χ1) is 25.3. The number of hydrogen-bond donors (Lipinski definition) is 5. The maximum absolute atomic E-state index is 13.7. The second-order valence-electron chi connectivity index (χ2n) is 13.6. The van der Waals surface area contributed by atoms with Gasteiger partial charge in [-0.25, -0.2) is 4.79 Å². The minimum Gasteiger partial charge on any atom is -0.489 e. The molecular weight excluding hydrogens is 738 g/mol. The van der Waals surface area contributed by atoms with E-state index in [1.54, 1.807) is 57.2 Å².